The van der Waals surface area contributed by atoms with E-state index in [4.69, 9.17) is 5.73 Å². The molecule has 0 bridgehead atoms. The normalized spacial score (nSPS) is 24.5. The van der Waals surface area contributed by atoms with Gasteiger partial charge in [0.05, 0.1) is 0 Å². The first-order valence-corrected chi connectivity index (χ1v) is 5.80. The van der Waals surface area contributed by atoms with Gasteiger partial charge in [0.25, 0.3) is 0 Å². The van der Waals surface area contributed by atoms with E-state index in [0.717, 1.165) is 19.4 Å². The zero-order valence-electron chi connectivity index (χ0n) is 9.49. The summed E-state index contributed by atoms with van der Waals surface area (Å²) in [5.74, 6) is 1.20. The Hall–Kier alpha value is -1.06. The summed E-state index contributed by atoms with van der Waals surface area (Å²) in [6.45, 7) is 4.99. The lowest BCUT2D eigenvalue weighted by Gasteiger charge is -2.36. The third kappa shape index (κ3) is 1.52. The van der Waals surface area contributed by atoms with Crippen LogP contribution in [0.3, 0.4) is 0 Å². The molecule has 1 heterocycles. The summed E-state index contributed by atoms with van der Waals surface area (Å²) in [5.41, 5.74) is 5.61. The van der Waals surface area contributed by atoms with E-state index in [-0.39, 0.29) is 11.6 Å². The molecule has 1 aliphatic heterocycles. The highest BCUT2D eigenvalue weighted by molar-refractivity contribution is 6.05. The van der Waals surface area contributed by atoms with Crippen molar-refractivity contribution in [2.75, 3.05) is 6.54 Å². The molecule has 2 aliphatic rings. The molecule has 0 atom stereocenters. The second kappa shape index (κ2) is 3.51. The summed E-state index contributed by atoms with van der Waals surface area (Å²) >= 11 is 0. The van der Waals surface area contributed by atoms with Crippen LogP contribution >= 0.6 is 0 Å². The Morgan fingerprint density at radius 3 is 2.53 bits per heavy atom. The van der Waals surface area contributed by atoms with E-state index in [9.17, 15) is 4.79 Å². The minimum atomic E-state index is -0.292. The number of carbonyl (C=O) groups excluding carboxylic acids is 1. The molecule has 1 saturated carbocycles. The Morgan fingerprint density at radius 2 is 2.07 bits per heavy atom. The van der Waals surface area contributed by atoms with Gasteiger partial charge in [-0.05, 0) is 31.6 Å². The number of hydrogen-bond donors (Lipinski definition) is 1. The summed E-state index contributed by atoms with van der Waals surface area (Å²) in [5, 5.41) is 0. The van der Waals surface area contributed by atoms with E-state index in [1.807, 2.05) is 4.90 Å². The van der Waals surface area contributed by atoms with Crippen LogP contribution in [-0.4, -0.2) is 28.9 Å². The molecule has 0 saturated heterocycles. The number of rotatable bonds is 4. The molecule has 1 aliphatic carbocycles. The highest BCUT2D eigenvalue weighted by Crippen LogP contribution is 2.36. The smallest absolute Gasteiger partial charge is 0.346 e. The highest BCUT2D eigenvalue weighted by Gasteiger charge is 2.47. The van der Waals surface area contributed by atoms with Crippen molar-refractivity contribution in [3.05, 3.63) is 0 Å². The van der Waals surface area contributed by atoms with E-state index in [1.165, 1.54) is 12.8 Å². The second-order valence-electron chi connectivity index (χ2n) is 4.57. The Bertz CT molecular complexity index is 303. The van der Waals surface area contributed by atoms with Crippen LogP contribution in [0.4, 0.5) is 4.79 Å². The Labute approximate surface area is 90.5 Å². The van der Waals surface area contributed by atoms with Gasteiger partial charge in [-0.3, -0.25) is 0 Å². The lowest BCUT2D eigenvalue weighted by molar-refractivity contribution is 0.160. The zero-order valence-corrected chi connectivity index (χ0v) is 9.49. The fraction of sp³-hybridized carbons (Fsp3) is 0.818. The SMILES string of the molecule is CCC1(CC)C(N)=NC(=O)N1CC1CC1. The summed E-state index contributed by atoms with van der Waals surface area (Å²) in [7, 11) is 0. The number of amides is 2. The quantitative estimate of drug-likeness (QED) is 0.766. The third-order valence-corrected chi connectivity index (χ3v) is 3.75. The summed E-state index contributed by atoms with van der Waals surface area (Å²) in [6.07, 6.45) is 4.20. The summed E-state index contributed by atoms with van der Waals surface area (Å²) < 4.78 is 0. The van der Waals surface area contributed by atoms with Crippen molar-refractivity contribution >= 4 is 11.9 Å². The molecule has 4 heteroatoms. The van der Waals surface area contributed by atoms with E-state index in [1.54, 1.807) is 0 Å². The van der Waals surface area contributed by atoms with Crippen LogP contribution in [0.25, 0.3) is 0 Å². The summed E-state index contributed by atoms with van der Waals surface area (Å²) in [4.78, 5) is 17.6. The second-order valence-corrected chi connectivity index (χ2v) is 4.57. The van der Waals surface area contributed by atoms with Crippen molar-refractivity contribution < 1.29 is 4.79 Å². The van der Waals surface area contributed by atoms with Gasteiger partial charge in [0.15, 0.2) is 0 Å². The van der Waals surface area contributed by atoms with Gasteiger partial charge >= 0.3 is 6.03 Å². The Kier molecular flexibility index (Phi) is 2.44. The average Bonchev–Trinajstić information content (AvgIpc) is 2.98. The topological polar surface area (TPSA) is 58.7 Å². The van der Waals surface area contributed by atoms with Gasteiger partial charge in [-0.2, -0.15) is 4.99 Å². The maximum Gasteiger partial charge on any atom is 0.346 e. The maximum atomic E-state index is 11.7. The van der Waals surface area contributed by atoms with E-state index in [2.05, 4.69) is 18.8 Å². The van der Waals surface area contributed by atoms with Crippen LogP contribution in [0.15, 0.2) is 4.99 Å². The molecular formula is C11H19N3O. The fourth-order valence-electron chi connectivity index (χ4n) is 2.39. The number of hydrogen-bond acceptors (Lipinski definition) is 2. The van der Waals surface area contributed by atoms with Gasteiger partial charge in [-0.15, -0.1) is 0 Å². The molecule has 0 spiro atoms. The van der Waals surface area contributed by atoms with E-state index >= 15 is 0 Å². The standard InChI is InChI=1S/C11H19N3O/c1-3-11(4-2)9(12)13-10(15)14(11)7-8-5-6-8/h8H,3-7H2,1-2H3,(H2,12,13,15). The number of nitrogens with zero attached hydrogens (tertiary/aromatic N) is 2. The lowest BCUT2D eigenvalue weighted by Crippen LogP contribution is -2.53. The molecule has 15 heavy (non-hydrogen) atoms. The van der Waals surface area contributed by atoms with Gasteiger partial charge in [0, 0.05) is 6.54 Å². The average molecular weight is 209 g/mol. The van der Waals surface area contributed by atoms with Crippen molar-refractivity contribution in [3.8, 4) is 0 Å². The van der Waals surface area contributed by atoms with Crippen molar-refractivity contribution in [2.45, 2.75) is 45.1 Å². The first-order chi connectivity index (χ1) is 7.14. The molecule has 0 aromatic carbocycles. The predicted molar refractivity (Wildman–Crippen MR) is 59.8 cm³/mol. The predicted octanol–water partition coefficient (Wildman–Crippen LogP) is 1.75. The molecule has 2 N–H and O–H groups in total. The molecule has 0 radical (unpaired) electrons. The van der Waals surface area contributed by atoms with E-state index < -0.39 is 0 Å². The molecule has 84 valence electrons. The molecule has 0 unspecified atom stereocenters. The molecule has 2 rings (SSSR count). The lowest BCUT2D eigenvalue weighted by atomic mass is 9.90. The highest BCUT2D eigenvalue weighted by atomic mass is 16.2. The largest absolute Gasteiger partial charge is 0.385 e. The third-order valence-electron chi connectivity index (χ3n) is 3.75. The van der Waals surface area contributed by atoms with Crippen LogP contribution in [0.2, 0.25) is 0 Å². The van der Waals surface area contributed by atoms with Gasteiger partial charge in [0.1, 0.15) is 11.4 Å². The molecule has 0 aromatic heterocycles. The monoisotopic (exact) mass is 209 g/mol. The molecular weight excluding hydrogens is 190 g/mol. The first kappa shape index (κ1) is 10.5. The molecule has 2 amide bonds. The van der Waals surface area contributed by atoms with Gasteiger partial charge in [-0.1, -0.05) is 13.8 Å². The zero-order chi connectivity index (χ0) is 11.1. The van der Waals surface area contributed by atoms with Crippen molar-refractivity contribution in [1.29, 1.82) is 0 Å². The van der Waals surface area contributed by atoms with Crippen LogP contribution in [0.5, 0.6) is 0 Å². The number of nitrogens with two attached hydrogens (primary N) is 1. The number of urea groups is 1. The number of aliphatic imine (C=N–C) groups is 1. The van der Waals surface area contributed by atoms with Gasteiger partial charge < -0.3 is 10.6 Å². The minimum Gasteiger partial charge on any atom is -0.385 e. The first-order valence-electron chi connectivity index (χ1n) is 5.80. The minimum absolute atomic E-state index is 0.136. The molecule has 4 nitrogen and oxygen atoms in total. The van der Waals surface area contributed by atoms with Crippen molar-refractivity contribution in [1.82, 2.24) is 4.90 Å². The Morgan fingerprint density at radius 1 is 1.47 bits per heavy atom. The molecule has 0 aromatic rings. The van der Waals surface area contributed by atoms with Crippen LogP contribution in [0.1, 0.15) is 39.5 Å². The van der Waals surface area contributed by atoms with Crippen LogP contribution in [0, 0.1) is 5.92 Å². The van der Waals surface area contributed by atoms with Crippen LogP contribution < -0.4 is 5.73 Å². The Balaban J connectivity index is 2.22. The number of amidine groups is 1. The molecule has 1 fully saturated rings. The van der Waals surface area contributed by atoms with Gasteiger partial charge in [-0.25, -0.2) is 4.79 Å². The number of carbonyl (C=O) groups is 1. The summed E-state index contributed by atoms with van der Waals surface area (Å²) in [6, 6.07) is -0.136. The van der Waals surface area contributed by atoms with Crippen molar-refractivity contribution in [2.24, 2.45) is 16.6 Å². The van der Waals surface area contributed by atoms with Crippen LogP contribution in [-0.2, 0) is 0 Å². The van der Waals surface area contributed by atoms with E-state index in [0.29, 0.717) is 11.8 Å². The van der Waals surface area contributed by atoms with Crippen molar-refractivity contribution in [3.63, 3.8) is 0 Å². The van der Waals surface area contributed by atoms with Gasteiger partial charge in [0.2, 0.25) is 0 Å². The maximum absolute atomic E-state index is 11.7. The fourth-order valence-corrected chi connectivity index (χ4v) is 2.39.